The highest BCUT2D eigenvalue weighted by Crippen LogP contribution is 2.41. The molecule has 1 saturated heterocycles. The summed E-state index contributed by atoms with van der Waals surface area (Å²) >= 11 is 6.21. The molecule has 3 N–H and O–H groups in total. The average Bonchev–Trinajstić information content (AvgIpc) is 3.60. The predicted octanol–water partition coefficient (Wildman–Crippen LogP) is 4.19. The van der Waals surface area contributed by atoms with Gasteiger partial charge < -0.3 is 20.7 Å². The van der Waals surface area contributed by atoms with Crippen molar-refractivity contribution in [1.29, 1.82) is 0 Å². The van der Waals surface area contributed by atoms with Gasteiger partial charge in [0.05, 0.1) is 18.0 Å². The first-order valence-electron chi connectivity index (χ1n) is 14.1. The molecular weight excluding hydrogens is 570 g/mol. The maximum Gasteiger partial charge on any atom is 0.326 e. The summed E-state index contributed by atoms with van der Waals surface area (Å²) in [4.78, 5) is 59.3. The fourth-order valence-corrected chi connectivity index (χ4v) is 5.53. The van der Waals surface area contributed by atoms with Gasteiger partial charge in [-0.1, -0.05) is 48.0 Å². The number of halogens is 1. The van der Waals surface area contributed by atoms with Gasteiger partial charge in [-0.2, -0.15) is 0 Å². The summed E-state index contributed by atoms with van der Waals surface area (Å²) in [7, 11) is 0. The Kier molecular flexibility index (Phi) is 8.41. The number of nitrogens with one attached hydrogen (secondary N) is 1. The van der Waals surface area contributed by atoms with Crippen LogP contribution in [0.1, 0.15) is 61.1 Å². The van der Waals surface area contributed by atoms with Crippen molar-refractivity contribution in [3.05, 3.63) is 88.0 Å². The van der Waals surface area contributed by atoms with Crippen molar-refractivity contribution in [3.63, 3.8) is 0 Å². The number of urea groups is 1. The molecule has 4 amide bonds. The third-order valence-electron chi connectivity index (χ3n) is 7.23. The molecule has 11 heteroatoms. The van der Waals surface area contributed by atoms with Gasteiger partial charge in [-0.3, -0.25) is 24.3 Å². The van der Waals surface area contributed by atoms with Crippen LogP contribution in [0.5, 0.6) is 5.75 Å². The number of allylic oxidation sites excluding steroid dienone is 2. The molecule has 2 aromatic rings. The maximum atomic E-state index is 14.4. The zero-order valence-electron chi connectivity index (χ0n) is 24.3. The van der Waals surface area contributed by atoms with Crippen LogP contribution in [0.2, 0.25) is 5.02 Å². The lowest BCUT2D eigenvalue weighted by Gasteiger charge is -2.36. The maximum absolute atomic E-state index is 14.4. The van der Waals surface area contributed by atoms with Crippen LogP contribution in [0.4, 0.5) is 4.79 Å². The van der Waals surface area contributed by atoms with Crippen molar-refractivity contribution in [2.75, 3.05) is 19.6 Å². The molecule has 0 aromatic heterocycles. The van der Waals surface area contributed by atoms with Gasteiger partial charge in [-0.15, -0.1) is 0 Å². The number of primary amides is 1. The second kappa shape index (κ2) is 12.0. The van der Waals surface area contributed by atoms with Crippen LogP contribution in [0.3, 0.4) is 0 Å². The Morgan fingerprint density at radius 2 is 1.88 bits per heavy atom. The minimum atomic E-state index is -0.735. The number of amides is 4. The van der Waals surface area contributed by atoms with Gasteiger partial charge in [0.25, 0.3) is 0 Å². The molecule has 2 heterocycles. The number of rotatable bonds is 7. The number of piperazine rings is 1. The highest BCUT2D eigenvalue weighted by atomic mass is 35.5. The Bertz CT molecular complexity index is 1560. The molecule has 2 unspecified atom stereocenters. The first kappa shape index (κ1) is 30.0. The highest BCUT2D eigenvalue weighted by molar-refractivity contribution is 6.30. The summed E-state index contributed by atoms with van der Waals surface area (Å²) in [5.74, 6) is -0.757. The number of nitrogens with zero attached hydrogens (tertiary/aromatic N) is 3. The van der Waals surface area contributed by atoms with Crippen LogP contribution >= 0.6 is 11.6 Å². The predicted molar refractivity (Wildman–Crippen MR) is 163 cm³/mol. The van der Waals surface area contributed by atoms with Gasteiger partial charge in [0, 0.05) is 23.7 Å². The smallest absolute Gasteiger partial charge is 0.326 e. The Morgan fingerprint density at radius 1 is 1.14 bits per heavy atom. The van der Waals surface area contributed by atoms with E-state index in [1.807, 2.05) is 45.1 Å². The number of carbonyl (C=O) groups is 4. The van der Waals surface area contributed by atoms with E-state index in [4.69, 9.17) is 27.1 Å². The number of hydrogen-bond acceptors (Lipinski definition) is 6. The Morgan fingerprint density at radius 3 is 2.51 bits per heavy atom. The molecule has 0 radical (unpaired) electrons. The number of nitrogens with two attached hydrogens (primary N) is 1. The second-order valence-corrected chi connectivity index (χ2v) is 12.1. The Balaban J connectivity index is 1.69. The van der Waals surface area contributed by atoms with E-state index in [1.54, 1.807) is 35.2 Å². The largest absolute Gasteiger partial charge is 0.487 e. The normalized spacial score (nSPS) is 20.0. The zero-order chi connectivity index (χ0) is 30.9. The van der Waals surface area contributed by atoms with E-state index in [2.05, 4.69) is 11.4 Å². The molecule has 2 atom stereocenters. The van der Waals surface area contributed by atoms with E-state index in [0.29, 0.717) is 35.3 Å². The topological polar surface area (TPSA) is 134 Å². The molecule has 0 saturated carbocycles. The number of aliphatic imine (C=N–C) groups is 1. The van der Waals surface area contributed by atoms with Crippen molar-refractivity contribution < 1.29 is 23.9 Å². The molecule has 1 fully saturated rings. The van der Waals surface area contributed by atoms with Gasteiger partial charge in [0.2, 0.25) is 11.8 Å². The zero-order valence-corrected chi connectivity index (χ0v) is 25.1. The standard InChI is InChI=1S/C32H34ClN5O5/c1-32(2,3)43-25-16-21(24(39)17-26(34)40)10-13-23(25)30-36-28(19-8-11-22(33)12-9-19)29(20-6-4-5-7-20)38(30)31(42)37-15-14-35-27(41)18-37/h4,6-13,16,28-29H,5,14-15,17-18H2,1-3H3,(H2,34,40)(H,35,41). The molecule has 0 spiro atoms. The van der Waals surface area contributed by atoms with Crippen molar-refractivity contribution in [2.45, 2.75) is 51.3 Å². The summed E-state index contributed by atoms with van der Waals surface area (Å²) in [6.45, 7) is 6.21. The van der Waals surface area contributed by atoms with Crippen LogP contribution in [0, 0.1) is 0 Å². The molecule has 5 rings (SSSR count). The molecule has 0 bridgehead atoms. The van der Waals surface area contributed by atoms with Gasteiger partial charge in [0.1, 0.15) is 29.8 Å². The lowest BCUT2D eigenvalue weighted by Crippen LogP contribution is -2.56. The van der Waals surface area contributed by atoms with Gasteiger partial charge in [0.15, 0.2) is 5.78 Å². The quantitative estimate of drug-likeness (QED) is 0.362. The van der Waals surface area contributed by atoms with E-state index in [1.165, 1.54) is 4.90 Å². The lowest BCUT2D eigenvalue weighted by atomic mass is 9.94. The summed E-state index contributed by atoms with van der Waals surface area (Å²) in [5, 5.41) is 3.35. The van der Waals surface area contributed by atoms with E-state index in [-0.39, 0.29) is 24.0 Å². The van der Waals surface area contributed by atoms with Crippen molar-refractivity contribution >= 4 is 41.1 Å². The van der Waals surface area contributed by atoms with Crippen LogP contribution in [-0.4, -0.2) is 70.5 Å². The number of hydrogen-bond donors (Lipinski definition) is 2. The third kappa shape index (κ3) is 6.64. The first-order chi connectivity index (χ1) is 20.4. The number of amidine groups is 1. The number of benzene rings is 2. The highest BCUT2D eigenvalue weighted by Gasteiger charge is 2.46. The molecule has 3 aliphatic rings. The summed E-state index contributed by atoms with van der Waals surface area (Å²) < 4.78 is 6.34. The number of carbonyl (C=O) groups excluding carboxylic acids is 4. The molecule has 2 aliphatic heterocycles. The van der Waals surface area contributed by atoms with Crippen molar-refractivity contribution in [3.8, 4) is 5.75 Å². The monoisotopic (exact) mass is 603 g/mol. The number of Topliss-reactive ketones (excluding diaryl/α,β-unsaturated/α-hetero) is 1. The minimum absolute atomic E-state index is 0.0816. The molecule has 10 nitrogen and oxygen atoms in total. The SMILES string of the molecule is CC(C)(C)Oc1cc(C(=O)CC(N)=O)ccc1C1=NC(c2ccc(Cl)cc2)C(C2=CCC=C2)N1C(=O)N1CCNC(=O)C1. The third-order valence-corrected chi connectivity index (χ3v) is 7.48. The van der Waals surface area contributed by atoms with Crippen LogP contribution in [0.25, 0.3) is 0 Å². The van der Waals surface area contributed by atoms with Gasteiger partial charge in [-0.05, 0) is 62.6 Å². The molecule has 224 valence electrons. The number of ether oxygens (including phenoxy) is 1. The van der Waals surface area contributed by atoms with E-state index in [0.717, 1.165) is 17.6 Å². The molecule has 1 aliphatic carbocycles. The first-order valence-corrected chi connectivity index (χ1v) is 14.5. The van der Waals surface area contributed by atoms with E-state index in [9.17, 15) is 19.2 Å². The van der Waals surface area contributed by atoms with E-state index < -0.39 is 35.8 Å². The number of ketones is 1. The van der Waals surface area contributed by atoms with Crippen LogP contribution in [-0.2, 0) is 9.59 Å². The fourth-order valence-electron chi connectivity index (χ4n) is 5.40. The summed E-state index contributed by atoms with van der Waals surface area (Å²) in [5.41, 5.74) is 7.11. The molecule has 43 heavy (non-hydrogen) atoms. The molecule has 2 aromatic carbocycles. The summed E-state index contributed by atoms with van der Waals surface area (Å²) in [6.07, 6.45) is 6.35. The van der Waals surface area contributed by atoms with Crippen molar-refractivity contribution in [2.24, 2.45) is 10.7 Å². The Hall–Kier alpha value is -4.44. The van der Waals surface area contributed by atoms with Crippen molar-refractivity contribution in [1.82, 2.24) is 15.1 Å². The fraction of sp³-hybridized carbons (Fsp3) is 0.344. The summed E-state index contributed by atoms with van der Waals surface area (Å²) in [6, 6.07) is 10.8. The van der Waals surface area contributed by atoms with Crippen LogP contribution in [0.15, 0.2) is 71.3 Å². The van der Waals surface area contributed by atoms with Gasteiger partial charge in [-0.25, -0.2) is 4.79 Å². The van der Waals surface area contributed by atoms with Gasteiger partial charge >= 0.3 is 6.03 Å². The second-order valence-electron chi connectivity index (χ2n) is 11.7. The van der Waals surface area contributed by atoms with Crippen LogP contribution < -0.4 is 15.8 Å². The Labute approximate surface area is 255 Å². The lowest BCUT2D eigenvalue weighted by molar-refractivity contribution is -0.123. The average molecular weight is 604 g/mol. The molecular formula is C32H34ClN5O5. The minimum Gasteiger partial charge on any atom is -0.487 e. The van der Waals surface area contributed by atoms with E-state index >= 15 is 0 Å².